The summed E-state index contributed by atoms with van der Waals surface area (Å²) >= 11 is 0. The number of nitrogens with zero attached hydrogens (tertiary/aromatic N) is 4. The van der Waals surface area contributed by atoms with Gasteiger partial charge in [-0.25, -0.2) is 9.37 Å². The van der Waals surface area contributed by atoms with Crippen molar-refractivity contribution in [3.63, 3.8) is 0 Å². The van der Waals surface area contributed by atoms with Crippen LogP contribution in [0.25, 0.3) is 22.4 Å². The van der Waals surface area contributed by atoms with Crippen molar-refractivity contribution in [1.82, 2.24) is 15.1 Å². The average molecular weight is 354 g/mol. The lowest BCUT2D eigenvalue weighted by Crippen LogP contribution is -2.41. The van der Waals surface area contributed by atoms with Gasteiger partial charge in [-0.05, 0) is 51.2 Å². The van der Waals surface area contributed by atoms with E-state index in [2.05, 4.69) is 28.9 Å². The molecule has 136 valence electrons. The number of pyridine rings is 1. The third kappa shape index (κ3) is 2.73. The smallest absolute Gasteiger partial charge is 0.261 e. The van der Waals surface area contributed by atoms with E-state index >= 15 is 0 Å². The molecule has 0 spiro atoms. The molecular formula is C20H23FN4O. The maximum absolute atomic E-state index is 14.5. The normalized spacial score (nSPS) is 20.7. The van der Waals surface area contributed by atoms with E-state index in [9.17, 15) is 4.39 Å². The summed E-state index contributed by atoms with van der Waals surface area (Å²) in [4.78, 5) is 11.4. The number of rotatable bonds is 2. The standard InChI is InChI=1S/C20H23FN4O/c1-11-8-9-25(12(2)10-11)19-17(20-22-14(4)24-26-20)13(3)15-6-5-7-16(21)18(15)23-19/h5-7,11-12H,8-10H2,1-4H3. The number of para-hydroxylation sites is 1. The van der Waals surface area contributed by atoms with Crippen molar-refractivity contribution in [2.75, 3.05) is 11.4 Å². The van der Waals surface area contributed by atoms with Crippen LogP contribution in [0.3, 0.4) is 0 Å². The first-order chi connectivity index (χ1) is 12.5. The first-order valence-corrected chi connectivity index (χ1v) is 9.12. The Hall–Kier alpha value is -2.50. The van der Waals surface area contributed by atoms with E-state index in [4.69, 9.17) is 9.51 Å². The van der Waals surface area contributed by atoms with E-state index in [1.807, 2.05) is 13.0 Å². The van der Waals surface area contributed by atoms with Gasteiger partial charge in [0.05, 0.1) is 5.56 Å². The average Bonchev–Trinajstić information content (AvgIpc) is 3.01. The van der Waals surface area contributed by atoms with Crippen molar-refractivity contribution in [3.05, 3.63) is 35.4 Å². The third-order valence-electron chi connectivity index (χ3n) is 5.36. The Morgan fingerprint density at radius 3 is 2.69 bits per heavy atom. The van der Waals surface area contributed by atoms with Gasteiger partial charge < -0.3 is 9.42 Å². The molecule has 2 unspecified atom stereocenters. The Bertz CT molecular complexity index is 968. The highest BCUT2D eigenvalue weighted by molar-refractivity contribution is 5.92. The first-order valence-electron chi connectivity index (χ1n) is 9.12. The van der Waals surface area contributed by atoms with E-state index in [1.165, 1.54) is 6.07 Å². The lowest BCUT2D eigenvalue weighted by molar-refractivity contribution is 0.375. The maximum Gasteiger partial charge on any atom is 0.261 e. The van der Waals surface area contributed by atoms with Gasteiger partial charge in [0, 0.05) is 18.0 Å². The minimum atomic E-state index is -0.307. The van der Waals surface area contributed by atoms with Gasteiger partial charge in [0.1, 0.15) is 17.2 Å². The summed E-state index contributed by atoms with van der Waals surface area (Å²) in [7, 11) is 0. The van der Waals surface area contributed by atoms with Gasteiger partial charge in [0.15, 0.2) is 5.82 Å². The van der Waals surface area contributed by atoms with Crippen molar-refractivity contribution < 1.29 is 8.91 Å². The predicted octanol–water partition coefficient (Wildman–Crippen LogP) is 4.67. The fraction of sp³-hybridized carbons (Fsp3) is 0.450. The fourth-order valence-corrected chi connectivity index (χ4v) is 3.98. The molecule has 0 bridgehead atoms. The van der Waals surface area contributed by atoms with Crippen LogP contribution in [0.15, 0.2) is 22.7 Å². The lowest BCUT2D eigenvalue weighted by Gasteiger charge is -2.38. The second-order valence-corrected chi connectivity index (χ2v) is 7.39. The molecule has 0 amide bonds. The van der Waals surface area contributed by atoms with E-state index in [-0.39, 0.29) is 5.82 Å². The number of hydrogen-bond donors (Lipinski definition) is 0. The summed E-state index contributed by atoms with van der Waals surface area (Å²) < 4.78 is 20.0. The molecule has 0 N–H and O–H groups in total. The lowest BCUT2D eigenvalue weighted by atomic mass is 9.92. The van der Waals surface area contributed by atoms with Crippen LogP contribution >= 0.6 is 0 Å². The molecule has 4 rings (SSSR count). The molecule has 0 aliphatic carbocycles. The van der Waals surface area contributed by atoms with Gasteiger partial charge in [-0.1, -0.05) is 24.2 Å². The van der Waals surface area contributed by atoms with Gasteiger partial charge in [0.2, 0.25) is 0 Å². The Labute approximate surface area is 152 Å². The summed E-state index contributed by atoms with van der Waals surface area (Å²) in [5.41, 5.74) is 2.12. The molecule has 0 radical (unpaired) electrons. The molecular weight excluding hydrogens is 331 g/mol. The minimum absolute atomic E-state index is 0.307. The third-order valence-corrected chi connectivity index (χ3v) is 5.36. The highest BCUT2D eigenvalue weighted by Gasteiger charge is 2.29. The van der Waals surface area contributed by atoms with E-state index < -0.39 is 0 Å². The Balaban J connectivity index is 1.99. The number of halogens is 1. The van der Waals surface area contributed by atoms with Crippen molar-refractivity contribution in [3.8, 4) is 11.5 Å². The summed E-state index contributed by atoms with van der Waals surface area (Å²) in [6.07, 6.45) is 2.17. The van der Waals surface area contributed by atoms with Crippen molar-refractivity contribution in [2.45, 2.75) is 46.6 Å². The highest BCUT2D eigenvalue weighted by Crippen LogP contribution is 2.39. The molecule has 1 aliphatic heterocycles. The summed E-state index contributed by atoms with van der Waals surface area (Å²) in [6.45, 7) is 9.12. The van der Waals surface area contributed by atoms with Crippen LogP contribution in [0, 0.1) is 25.6 Å². The van der Waals surface area contributed by atoms with Gasteiger partial charge in [0.25, 0.3) is 5.89 Å². The molecule has 0 saturated carbocycles. The number of fused-ring (bicyclic) bond motifs is 1. The molecule has 1 aromatic carbocycles. The molecule has 1 aliphatic rings. The van der Waals surface area contributed by atoms with E-state index in [0.717, 1.165) is 41.7 Å². The number of aryl methyl sites for hydroxylation is 2. The molecule has 2 aromatic heterocycles. The molecule has 2 atom stereocenters. The molecule has 1 saturated heterocycles. The zero-order chi connectivity index (χ0) is 18.4. The van der Waals surface area contributed by atoms with Crippen LogP contribution in [-0.2, 0) is 0 Å². The number of hydrogen-bond acceptors (Lipinski definition) is 5. The maximum atomic E-state index is 14.5. The molecule has 26 heavy (non-hydrogen) atoms. The Morgan fingerprint density at radius 1 is 1.19 bits per heavy atom. The molecule has 3 aromatic rings. The summed E-state index contributed by atoms with van der Waals surface area (Å²) in [5.74, 6) is 2.12. The van der Waals surface area contributed by atoms with Gasteiger partial charge in [-0.3, -0.25) is 0 Å². The second-order valence-electron chi connectivity index (χ2n) is 7.39. The van der Waals surface area contributed by atoms with Crippen LogP contribution < -0.4 is 4.90 Å². The van der Waals surface area contributed by atoms with Crippen LogP contribution in [0.5, 0.6) is 0 Å². The van der Waals surface area contributed by atoms with E-state index in [1.54, 1.807) is 13.0 Å². The SMILES string of the molecule is Cc1noc(-c2c(N3CCC(C)CC3C)nc3c(F)cccc3c2C)n1. The number of piperidine rings is 1. The largest absolute Gasteiger partial charge is 0.353 e. The zero-order valence-corrected chi connectivity index (χ0v) is 15.6. The van der Waals surface area contributed by atoms with Crippen LogP contribution in [0.1, 0.15) is 38.1 Å². The van der Waals surface area contributed by atoms with Crippen molar-refractivity contribution >= 4 is 16.7 Å². The Kier molecular flexibility index (Phi) is 4.13. The zero-order valence-electron chi connectivity index (χ0n) is 15.6. The summed E-state index contributed by atoms with van der Waals surface area (Å²) in [5, 5.41) is 4.72. The topological polar surface area (TPSA) is 55.1 Å². The van der Waals surface area contributed by atoms with Gasteiger partial charge >= 0.3 is 0 Å². The van der Waals surface area contributed by atoms with E-state index in [0.29, 0.717) is 29.2 Å². The molecule has 5 nitrogen and oxygen atoms in total. The summed E-state index contributed by atoms with van der Waals surface area (Å²) in [6, 6.07) is 5.37. The second kappa shape index (κ2) is 6.34. The number of benzene rings is 1. The van der Waals surface area contributed by atoms with Crippen LogP contribution in [-0.4, -0.2) is 27.7 Å². The van der Waals surface area contributed by atoms with Crippen LogP contribution in [0.2, 0.25) is 0 Å². The number of aromatic nitrogens is 3. The molecule has 3 heterocycles. The highest BCUT2D eigenvalue weighted by atomic mass is 19.1. The van der Waals surface area contributed by atoms with Crippen LogP contribution in [0.4, 0.5) is 10.2 Å². The fourth-order valence-electron chi connectivity index (χ4n) is 3.98. The van der Waals surface area contributed by atoms with Gasteiger partial charge in [-0.2, -0.15) is 4.98 Å². The van der Waals surface area contributed by atoms with Crippen molar-refractivity contribution in [1.29, 1.82) is 0 Å². The van der Waals surface area contributed by atoms with Crippen molar-refractivity contribution in [2.24, 2.45) is 5.92 Å². The minimum Gasteiger partial charge on any atom is -0.353 e. The predicted molar refractivity (Wildman–Crippen MR) is 99.7 cm³/mol. The molecule has 1 fully saturated rings. The quantitative estimate of drug-likeness (QED) is 0.669. The molecule has 6 heteroatoms. The Morgan fingerprint density at radius 2 is 2.00 bits per heavy atom. The number of anilines is 1. The van der Waals surface area contributed by atoms with Gasteiger partial charge in [-0.15, -0.1) is 0 Å². The monoisotopic (exact) mass is 354 g/mol. The first kappa shape index (κ1) is 16.9.